The second kappa shape index (κ2) is 16.3. The molecule has 10 heavy (non-hydrogen) atoms. The molecule has 0 fully saturated rings. The van der Waals surface area contributed by atoms with Crippen LogP contribution in [0, 0.1) is 6.42 Å². The summed E-state index contributed by atoms with van der Waals surface area (Å²) in [5.74, 6) is 0. The Bertz CT molecular complexity index is 63.9. The van der Waals surface area contributed by atoms with Crippen LogP contribution in [-0.2, 0) is 4.57 Å². The number of hydrogen-bond donors (Lipinski definition) is 2. The first kappa shape index (κ1) is 16.9. The van der Waals surface area contributed by atoms with Gasteiger partial charge in [0, 0.05) is 4.57 Å². The molecule has 2 N–H and O–H groups in total. The zero-order valence-corrected chi connectivity index (χ0v) is 7.64. The van der Waals surface area contributed by atoms with Gasteiger partial charge < -0.3 is 6.42 Å². The summed E-state index contributed by atoms with van der Waals surface area (Å²) < 4.78 is 8.70. The largest absolute Gasteiger partial charge is 1.00 e. The molecule has 0 aromatic carbocycles. The number of rotatable bonds is 2. The van der Waals surface area contributed by atoms with Crippen molar-refractivity contribution >= 4 is 8.25 Å². The smallest absolute Gasteiger partial charge is 0.329 e. The molecule has 3 nitrogen and oxygen atoms in total. The molecular weight excluding hydrogens is 146 g/mol. The van der Waals surface area contributed by atoms with E-state index in [9.17, 15) is 0 Å². The molecule has 0 heterocycles. The van der Waals surface area contributed by atoms with Crippen molar-refractivity contribution in [2.75, 3.05) is 0 Å². The van der Waals surface area contributed by atoms with E-state index in [1.54, 1.807) is 0 Å². The van der Waals surface area contributed by atoms with E-state index in [1.165, 1.54) is 12.8 Å². The Kier molecular flexibility index (Phi) is 27.6. The molecule has 0 spiro atoms. The zero-order chi connectivity index (χ0) is 7.70. The standard InChI is InChI=1S/C5H11.Li.HO3P/c1-3-5-4-2;;1-4(2)3/h5H,3-4H2,1-2H3;;(H-,1,2,3)/q-1;+1;/p+1. The first-order valence-corrected chi connectivity index (χ1v) is 3.98. The van der Waals surface area contributed by atoms with E-state index in [0.29, 0.717) is 0 Å². The molecule has 0 amide bonds. The third-order valence-electron chi connectivity index (χ3n) is 0.577. The minimum Gasteiger partial charge on any atom is -0.329 e. The quantitative estimate of drug-likeness (QED) is 0.297. The molecule has 0 aliphatic carbocycles. The minimum atomic E-state index is -2.87. The number of hydrogen-bond acceptors (Lipinski definition) is 1. The van der Waals surface area contributed by atoms with E-state index in [0.717, 1.165) is 0 Å². The molecule has 0 aliphatic rings. The fraction of sp³-hybridized carbons (Fsp3) is 0.800. The first-order valence-electron chi connectivity index (χ1n) is 2.81. The van der Waals surface area contributed by atoms with E-state index in [2.05, 4.69) is 20.3 Å². The van der Waals surface area contributed by atoms with Gasteiger partial charge in [-0.3, -0.25) is 0 Å². The molecule has 0 rings (SSSR count). The molecule has 0 aromatic rings. The Morgan fingerprint density at radius 1 is 1.30 bits per heavy atom. The van der Waals surface area contributed by atoms with E-state index in [1.807, 2.05) is 0 Å². The monoisotopic (exact) mass is 159 g/mol. The number of unbranched alkanes of at least 4 members (excludes halogenated alkanes) is 2. The van der Waals surface area contributed by atoms with Crippen LogP contribution in [0.3, 0.4) is 0 Å². The topological polar surface area (TPSA) is 57.5 Å². The summed E-state index contributed by atoms with van der Waals surface area (Å²) in [6, 6.07) is 0. The van der Waals surface area contributed by atoms with Gasteiger partial charge in [-0.25, -0.2) is 0 Å². The third-order valence-corrected chi connectivity index (χ3v) is 0.577. The summed E-state index contributed by atoms with van der Waals surface area (Å²) in [6.07, 6.45) is 4.69. The Hall–Kier alpha value is 0.617. The Balaban J connectivity index is -0.0000000910. The predicted octanol–water partition coefficient (Wildman–Crippen LogP) is -1.36. The van der Waals surface area contributed by atoms with Crippen molar-refractivity contribution in [3.63, 3.8) is 0 Å². The second-order valence-corrected chi connectivity index (χ2v) is 1.86. The normalized spacial score (nSPS) is 6.80. The van der Waals surface area contributed by atoms with Gasteiger partial charge >= 0.3 is 27.1 Å². The van der Waals surface area contributed by atoms with Gasteiger partial charge in [0.25, 0.3) is 0 Å². The van der Waals surface area contributed by atoms with Crippen LogP contribution >= 0.6 is 8.25 Å². The van der Waals surface area contributed by atoms with Crippen molar-refractivity contribution in [1.29, 1.82) is 0 Å². The van der Waals surface area contributed by atoms with Crippen molar-refractivity contribution in [1.82, 2.24) is 0 Å². The van der Waals surface area contributed by atoms with Crippen molar-refractivity contribution in [3.8, 4) is 0 Å². The minimum absolute atomic E-state index is 0. The molecule has 0 saturated heterocycles. The molecule has 0 aromatic heterocycles. The van der Waals surface area contributed by atoms with Crippen LogP contribution in [0.15, 0.2) is 0 Å². The summed E-state index contributed by atoms with van der Waals surface area (Å²) in [6.45, 7) is 4.31. The van der Waals surface area contributed by atoms with Crippen LogP contribution < -0.4 is 18.9 Å². The molecule has 0 unspecified atom stereocenters. The van der Waals surface area contributed by atoms with E-state index < -0.39 is 8.25 Å². The molecule has 0 bridgehead atoms. The Morgan fingerprint density at radius 2 is 1.50 bits per heavy atom. The maximum atomic E-state index is 8.70. The Labute approximate surface area is 75.0 Å². The molecule has 0 atom stereocenters. The summed E-state index contributed by atoms with van der Waals surface area (Å²) in [5.41, 5.74) is 0. The fourth-order valence-corrected chi connectivity index (χ4v) is 0.289. The van der Waals surface area contributed by atoms with Crippen molar-refractivity contribution < 1.29 is 33.2 Å². The first-order chi connectivity index (χ1) is 4.15. The molecule has 0 saturated carbocycles. The fourth-order valence-electron chi connectivity index (χ4n) is 0.289. The van der Waals surface area contributed by atoms with E-state index >= 15 is 0 Å². The second-order valence-electron chi connectivity index (χ2n) is 1.36. The van der Waals surface area contributed by atoms with Gasteiger partial charge in [0.2, 0.25) is 0 Å². The van der Waals surface area contributed by atoms with Gasteiger partial charge in [-0.2, -0.15) is 12.8 Å². The predicted molar refractivity (Wildman–Crippen MR) is 36.9 cm³/mol. The van der Waals surface area contributed by atoms with Gasteiger partial charge in [-0.05, 0) is 0 Å². The Morgan fingerprint density at radius 3 is 1.50 bits per heavy atom. The summed E-state index contributed by atoms with van der Waals surface area (Å²) in [4.78, 5) is 14.2. The van der Waals surface area contributed by atoms with Crippen LogP contribution in [0.25, 0.3) is 0 Å². The van der Waals surface area contributed by atoms with Crippen LogP contribution in [0.1, 0.15) is 26.7 Å². The van der Waals surface area contributed by atoms with Crippen molar-refractivity contribution in [2.45, 2.75) is 26.7 Å². The molecule has 5 heteroatoms. The van der Waals surface area contributed by atoms with Crippen LogP contribution in [-0.4, -0.2) is 9.79 Å². The molecule has 0 aliphatic heterocycles. The van der Waals surface area contributed by atoms with E-state index in [-0.39, 0.29) is 18.9 Å². The summed E-state index contributed by atoms with van der Waals surface area (Å²) in [7, 11) is -2.87. The van der Waals surface area contributed by atoms with Crippen LogP contribution in [0.4, 0.5) is 0 Å². The van der Waals surface area contributed by atoms with Crippen LogP contribution in [0.5, 0.6) is 0 Å². The maximum Gasteiger partial charge on any atom is 1.00 e. The van der Waals surface area contributed by atoms with Crippen LogP contribution in [0.2, 0.25) is 0 Å². The van der Waals surface area contributed by atoms with E-state index in [4.69, 9.17) is 14.4 Å². The molecule has 56 valence electrons. The molecular formula is C5H13LiO3P+. The van der Waals surface area contributed by atoms with Crippen molar-refractivity contribution in [3.05, 3.63) is 6.42 Å². The average molecular weight is 159 g/mol. The van der Waals surface area contributed by atoms with Gasteiger partial charge in [0.15, 0.2) is 0 Å². The zero-order valence-electron chi connectivity index (χ0n) is 6.74. The van der Waals surface area contributed by atoms with Gasteiger partial charge in [0.1, 0.15) is 0 Å². The van der Waals surface area contributed by atoms with Crippen molar-refractivity contribution in [2.24, 2.45) is 0 Å². The average Bonchev–Trinajstić information content (AvgIpc) is 1.66. The molecule has 0 radical (unpaired) electrons. The maximum absolute atomic E-state index is 8.70. The summed E-state index contributed by atoms with van der Waals surface area (Å²) >= 11 is 0. The summed E-state index contributed by atoms with van der Waals surface area (Å²) in [5, 5.41) is 0. The van der Waals surface area contributed by atoms with Gasteiger partial charge in [-0.15, -0.1) is 9.79 Å². The van der Waals surface area contributed by atoms with Gasteiger partial charge in [0.05, 0.1) is 0 Å². The van der Waals surface area contributed by atoms with Gasteiger partial charge in [-0.1, -0.05) is 13.8 Å². The third kappa shape index (κ3) is 73.0. The SMILES string of the molecule is CC[CH-]CC.O=[P+](O)O.[Li+].